The highest BCUT2D eigenvalue weighted by Gasteiger charge is 2.46. The summed E-state index contributed by atoms with van der Waals surface area (Å²) in [5.74, 6) is -1.02. The zero-order chi connectivity index (χ0) is 22.9. The second kappa shape index (κ2) is 12.2. The number of rotatable bonds is 11. The predicted molar refractivity (Wildman–Crippen MR) is 121 cm³/mol. The van der Waals surface area contributed by atoms with Crippen molar-refractivity contribution in [1.29, 1.82) is 0 Å². The maximum atomic E-state index is 11.2. The van der Waals surface area contributed by atoms with Crippen molar-refractivity contribution in [3.63, 3.8) is 0 Å². The van der Waals surface area contributed by atoms with Gasteiger partial charge in [0.05, 0.1) is 0 Å². The minimum absolute atomic E-state index is 0.620. The molecule has 0 unspecified atom stereocenters. The van der Waals surface area contributed by atoms with Crippen LogP contribution in [-0.4, -0.2) is 34.4 Å². The Kier molecular flexibility index (Phi) is 9.30. The van der Waals surface area contributed by atoms with Gasteiger partial charge in [-0.15, -0.1) is 0 Å². The van der Waals surface area contributed by atoms with E-state index >= 15 is 0 Å². The number of allylic oxidation sites excluding steroid dienone is 2. The highest BCUT2D eigenvalue weighted by molar-refractivity contribution is 5.84. The summed E-state index contributed by atoms with van der Waals surface area (Å²) in [7, 11) is 0. The molecular formula is C26H36O6. The first-order chi connectivity index (χ1) is 15.5. The molecule has 0 amide bonds. The molecule has 176 valence electrons. The van der Waals surface area contributed by atoms with Crippen LogP contribution < -0.4 is 0 Å². The Morgan fingerprint density at radius 1 is 0.969 bits per heavy atom. The summed E-state index contributed by atoms with van der Waals surface area (Å²) in [6.45, 7) is 2.27. The van der Waals surface area contributed by atoms with E-state index in [4.69, 9.17) is 19.7 Å². The normalized spacial score (nSPS) is 26.5. The molecule has 1 heterocycles. The van der Waals surface area contributed by atoms with E-state index in [-0.39, 0.29) is 0 Å². The van der Waals surface area contributed by atoms with Crippen molar-refractivity contribution in [3.05, 3.63) is 47.5 Å². The van der Waals surface area contributed by atoms with Crippen molar-refractivity contribution in [2.75, 3.05) is 0 Å². The van der Waals surface area contributed by atoms with Crippen molar-refractivity contribution in [1.82, 2.24) is 0 Å². The molecule has 32 heavy (non-hydrogen) atoms. The SMILES string of the molecule is CCCCC[C@H]1CC[C@H](/C=C/CCc2ccc(C3O[C@@H](C(=O)O)[C@H](C(=O)O)O3)cc2)CC1. The fourth-order valence-corrected chi connectivity index (χ4v) is 4.71. The molecule has 1 aromatic rings. The molecule has 0 radical (unpaired) electrons. The molecule has 1 aliphatic carbocycles. The minimum Gasteiger partial charge on any atom is -0.479 e. The van der Waals surface area contributed by atoms with E-state index < -0.39 is 30.4 Å². The van der Waals surface area contributed by atoms with E-state index in [1.807, 2.05) is 24.3 Å². The standard InChI is InChI=1S/C26H36O6/c1-2-3-4-7-18-10-12-19(13-11-18)8-5-6-9-20-14-16-21(17-15-20)26-31-22(24(27)28)23(32-26)25(29)30/h5,8,14-19,22-23,26H,2-4,6-7,9-13H2,1H3,(H,27,28)(H,29,30)/b8-5+/t18-,19-,22-,23-/m1/s1. The van der Waals surface area contributed by atoms with Gasteiger partial charge in [0.2, 0.25) is 0 Å². The lowest BCUT2D eigenvalue weighted by Gasteiger charge is -2.26. The molecule has 0 spiro atoms. The number of benzene rings is 1. The van der Waals surface area contributed by atoms with Crippen LogP contribution in [0.15, 0.2) is 36.4 Å². The minimum atomic E-state index is -1.51. The second-order valence-corrected chi connectivity index (χ2v) is 9.11. The number of aryl methyl sites for hydroxylation is 1. The number of aliphatic carboxylic acids is 2. The quantitative estimate of drug-likeness (QED) is 0.345. The van der Waals surface area contributed by atoms with Crippen LogP contribution in [0.1, 0.15) is 82.1 Å². The fraction of sp³-hybridized carbons (Fsp3) is 0.615. The lowest BCUT2D eigenvalue weighted by molar-refractivity contribution is -0.156. The van der Waals surface area contributed by atoms with E-state index in [1.54, 1.807) is 0 Å². The molecule has 1 saturated carbocycles. The summed E-state index contributed by atoms with van der Waals surface area (Å²) >= 11 is 0. The monoisotopic (exact) mass is 444 g/mol. The number of carbonyl (C=O) groups is 2. The van der Waals surface area contributed by atoms with Gasteiger partial charge >= 0.3 is 11.9 Å². The summed E-state index contributed by atoms with van der Waals surface area (Å²) in [5.41, 5.74) is 1.79. The number of hydrogen-bond donors (Lipinski definition) is 2. The van der Waals surface area contributed by atoms with Crippen molar-refractivity contribution < 1.29 is 29.3 Å². The van der Waals surface area contributed by atoms with Crippen LogP contribution in [-0.2, 0) is 25.5 Å². The zero-order valence-electron chi connectivity index (χ0n) is 18.9. The Balaban J connectivity index is 1.40. The third-order valence-corrected chi connectivity index (χ3v) is 6.67. The molecule has 6 heteroatoms. The fourth-order valence-electron chi connectivity index (χ4n) is 4.71. The van der Waals surface area contributed by atoms with Gasteiger partial charge in [0, 0.05) is 5.56 Å². The first kappa shape index (κ1) is 24.5. The molecule has 1 saturated heterocycles. The summed E-state index contributed by atoms with van der Waals surface area (Å²) in [4.78, 5) is 22.4. The summed E-state index contributed by atoms with van der Waals surface area (Å²) in [6.07, 6.45) is 13.5. The van der Waals surface area contributed by atoms with Crippen molar-refractivity contribution >= 4 is 11.9 Å². The Morgan fingerprint density at radius 3 is 2.16 bits per heavy atom. The van der Waals surface area contributed by atoms with Crippen molar-refractivity contribution in [2.24, 2.45) is 11.8 Å². The molecule has 2 N–H and O–H groups in total. The van der Waals surface area contributed by atoms with Gasteiger partial charge in [-0.05, 0) is 55.9 Å². The highest BCUT2D eigenvalue weighted by Crippen LogP contribution is 2.33. The largest absolute Gasteiger partial charge is 0.479 e. The van der Waals surface area contributed by atoms with Gasteiger partial charge in [0.1, 0.15) is 0 Å². The maximum Gasteiger partial charge on any atom is 0.336 e. The summed E-state index contributed by atoms with van der Waals surface area (Å²) in [6, 6.07) is 7.54. The van der Waals surface area contributed by atoms with Crippen LogP contribution in [0.4, 0.5) is 0 Å². The summed E-state index contributed by atoms with van der Waals surface area (Å²) < 4.78 is 10.6. The third kappa shape index (κ3) is 6.91. The van der Waals surface area contributed by atoms with Crippen LogP contribution >= 0.6 is 0 Å². The summed E-state index contributed by atoms with van der Waals surface area (Å²) in [5, 5.41) is 18.3. The molecule has 3 rings (SSSR count). The Hall–Kier alpha value is -2.18. The van der Waals surface area contributed by atoms with Crippen LogP contribution in [0.3, 0.4) is 0 Å². The lowest BCUT2D eigenvalue weighted by Crippen LogP contribution is -2.36. The number of hydrogen-bond acceptors (Lipinski definition) is 4. The molecule has 1 aliphatic heterocycles. The molecule has 0 bridgehead atoms. The van der Waals surface area contributed by atoms with E-state index in [2.05, 4.69) is 19.1 Å². The van der Waals surface area contributed by atoms with Crippen LogP contribution in [0.5, 0.6) is 0 Å². The number of ether oxygens (including phenoxy) is 2. The van der Waals surface area contributed by atoms with Gasteiger partial charge in [-0.25, -0.2) is 9.59 Å². The van der Waals surface area contributed by atoms with E-state index in [0.29, 0.717) is 5.56 Å². The molecule has 6 nitrogen and oxygen atoms in total. The average molecular weight is 445 g/mol. The molecule has 1 aromatic carbocycles. The first-order valence-electron chi connectivity index (χ1n) is 12.0. The van der Waals surface area contributed by atoms with E-state index in [0.717, 1.165) is 24.7 Å². The lowest BCUT2D eigenvalue weighted by atomic mass is 9.79. The Bertz CT molecular complexity index is 741. The van der Waals surface area contributed by atoms with Crippen LogP contribution in [0.2, 0.25) is 0 Å². The van der Waals surface area contributed by atoms with Crippen LogP contribution in [0, 0.1) is 11.8 Å². The molecule has 2 fully saturated rings. The van der Waals surface area contributed by atoms with E-state index in [1.165, 1.54) is 56.9 Å². The second-order valence-electron chi connectivity index (χ2n) is 9.11. The Labute approximate surface area is 190 Å². The van der Waals surface area contributed by atoms with Gasteiger partial charge in [-0.3, -0.25) is 0 Å². The van der Waals surface area contributed by atoms with Gasteiger partial charge < -0.3 is 19.7 Å². The highest BCUT2D eigenvalue weighted by atomic mass is 16.7. The Morgan fingerprint density at radius 2 is 1.59 bits per heavy atom. The molecular weight excluding hydrogens is 408 g/mol. The van der Waals surface area contributed by atoms with Crippen molar-refractivity contribution in [3.8, 4) is 0 Å². The number of carboxylic acid groups (broad SMARTS) is 2. The zero-order valence-corrected chi connectivity index (χ0v) is 18.9. The smallest absolute Gasteiger partial charge is 0.336 e. The molecule has 0 aromatic heterocycles. The van der Waals surface area contributed by atoms with Gasteiger partial charge in [-0.2, -0.15) is 0 Å². The van der Waals surface area contributed by atoms with Gasteiger partial charge in [-0.1, -0.05) is 69.0 Å². The van der Waals surface area contributed by atoms with Gasteiger partial charge in [0.25, 0.3) is 0 Å². The molecule has 2 atom stereocenters. The predicted octanol–water partition coefficient (Wildman–Crippen LogP) is 5.51. The molecule has 2 aliphatic rings. The third-order valence-electron chi connectivity index (χ3n) is 6.67. The van der Waals surface area contributed by atoms with E-state index in [9.17, 15) is 9.59 Å². The van der Waals surface area contributed by atoms with Gasteiger partial charge in [0.15, 0.2) is 18.5 Å². The van der Waals surface area contributed by atoms with Crippen LogP contribution in [0.25, 0.3) is 0 Å². The maximum absolute atomic E-state index is 11.2. The topological polar surface area (TPSA) is 93.1 Å². The van der Waals surface area contributed by atoms with Crippen molar-refractivity contribution in [2.45, 2.75) is 89.6 Å². The number of carboxylic acids is 2. The average Bonchev–Trinajstić information content (AvgIpc) is 3.25. The first-order valence-corrected chi connectivity index (χ1v) is 12.0. The number of unbranched alkanes of at least 4 members (excludes halogenated alkanes) is 2.